The summed E-state index contributed by atoms with van der Waals surface area (Å²) in [6.07, 6.45) is 3.01. The summed E-state index contributed by atoms with van der Waals surface area (Å²) in [6, 6.07) is 6.08. The van der Waals surface area contributed by atoms with Crippen LogP contribution in [0.1, 0.15) is 0 Å². The average Bonchev–Trinajstić information content (AvgIpc) is 2.18. The van der Waals surface area contributed by atoms with Crippen LogP contribution in [-0.2, 0) is 0 Å². The summed E-state index contributed by atoms with van der Waals surface area (Å²) in [5, 5.41) is 0.276. The molecule has 0 radical (unpaired) electrons. The van der Waals surface area contributed by atoms with E-state index in [1.54, 1.807) is 12.1 Å². The van der Waals surface area contributed by atoms with Crippen molar-refractivity contribution in [3.05, 3.63) is 47.6 Å². The standard InChI is InChI=1S/C10H6ClFN2/c11-10-9(13-4-5-14-10)7-2-1-3-8(12)6-7/h1-6H. The second-order valence-corrected chi connectivity index (χ2v) is 3.06. The van der Waals surface area contributed by atoms with E-state index in [-0.39, 0.29) is 11.0 Å². The number of hydrogen-bond acceptors (Lipinski definition) is 2. The van der Waals surface area contributed by atoms with Crippen LogP contribution in [0.4, 0.5) is 4.39 Å². The second kappa shape index (κ2) is 3.72. The first-order valence-corrected chi connectivity index (χ1v) is 4.37. The fraction of sp³-hybridized carbons (Fsp3) is 0. The molecule has 0 fully saturated rings. The fourth-order valence-electron chi connectivity index (χ4n) is 1.15. The summed E-state index contributed by atoms with van der Waals surface area (Å²) >= 11 is 5.82. The molecular formula is C10H6ClFN2. The third-order valence-electron chi connectivity index (χ3n) is 1.75. The van der Waals surface area contributed by atoms with E-state index in [1.165, 1.54) is 24.5 Å². The van der Waals surface area contributed by atoms with E-state index in [0.717, 1.165) is 0 Å². The molecule has 1 aromatic heterocycles. The van der Waals surface area contributed by atoms with E-state index < -0.39 is 0 Å². The number of halogens is 2. The topological polar surface area (TPSA) is 25.8 Å². The summed E-state index contributed by atoms with van der Waals surface area (Å²) in [6.45, 7) is 0. The Balaban J connectivity index is 2.55. The molecule has 2 nitrogen and oxygen atoms in total. The zero-order valence-corrected chi connectivity index (χ0v) is 7.87. The Bertz CT molecular complexity index is 459. The van der Waals surface area contributed by atoms with Gasteiger partial charge in [-0.05, 0) is 12.1 Å². The number of aromatic nitrogens is 2. The third-order valence-corrected chi connectivity index (χ3v) is 2.03. The summed E-state index contributed by atoms with van der Waals surface area (Å²) in [5.41, 5.74) is 1.12. The molecule has 70 valence electrons. The van der Waals surface area contributed by atoms with Crippen LogP contribution in [0.5, 0.6) is 0 Å². The highest BCUT2D eigenvalue weighted by atomic mass is 35.5. The van der Waals surface area contributed by atoms with Gasteiger partial charge in [-0.1, -0.05) is 23.7 Å². The Labute approximate surface area is 85.4 Å². The second-order valence-electron chi connectivity index (χ2n) is 2.71. The maximum absolute atomic E-state index is 12.9. The van der Waals surface area contributed by atoms with Gasteiger partial charge in [0.1, 0.15) is 11.5 Å². The molecule has 1 aromatic carbocycles. The van der Waals surface area contributed by atoms with Crippen LogP contribution in [0.2, 0.25) is 5.15 Å². The lowest BCUT2D eigenvalue weighted by Gasteiger charge is -2.01. The van der Waals surface area contributed by atoms with Crippen molar-refractivity contribution in [1.29, 1.82) is 0 Å². The molecule has 0 amide bonds. The molecule has 0 bridgehead atoms. The van der Waals surface area contributed by atoms with Crippen LogP contribution >= 0.6 is 11.6 Å². The number of hydrogen-bond donors (Lipinski definition) is 0. The predicted molar refractivity (Wildman–Crippen MR) is 52.4 cm³/mol. The van der Waals surface area contributed by atoms with Crippen molar-refractivity contribution in [2.24, 2.45) is 0 Å². The van der Waals surface area contributed by atoms with Crippen molar-refractivity contribution in [1.82, 2.24) is 9.97 Å². The highest BCUT2D eigenvalue weighted by molar-refractivity contribution is 6.31. The Morgan fingerprint density at radius 2 is 1.93 bits per heavy atom. The Hall–Kier alpha value is -1.48. The van der Waals surface area contributed by atoms with Crippen molar-refractivity contribution in [2.45, 2.75) is 0 Å². The highest BCUT2D eigenvalue weighted by Gasteiger charge is 2.05. The van der Waals surface area contributed by atoms with Gasteiger partial charge in [0.05, 0.1) is 0 Å². The van der Waals surface area contributed by atoms with Crippen molar-refractivity contribution in [3.63, 3.8) is 0 Å². The molecule has 0 spiro atoms. The average molecular weight is 209 g/mol. The number of benzene rings is 1. The quantitative estimate of drug-likeness (QED) is 0.720. The molecule has 14 heavy (non-hydrogen) atoms. The van der Waals surface area contributed by atoms with Crippen LogP contribution in [0.15, 0.2) is 36.7 Å². The fourth-order valence-corrected chi connectivity index (χ4v) is 1.36. The molecule has 0 saturated carbocycles. The summed E-state index contributed by atoms with van der Waals surface area (Å²) < 4.78 is 12.9. The molecule has 4 heteroatoms. The van der Waals surface area contributed by atoms with Crippen LogP contribution in [0.25, 0.3) is 11.3 Å². The van der Waals surface area contributed by atoms with E-state index in [4.69, 9.17) is 11.6 Å². The van der Waals surface area contributed by atoms with Gasteiger partial charge in [-0.2, -0.15) is 0 Å². The Kier molecular flexibility index (Phi) is 2.41. The van der Waals surface area contributed by atoms with E-state index >= 15 is 0 Å². The van der Waals surface area contributed by atoms with Gasteiger partial charge in [-0.3, -0.25) is 4.98 Å². The molecule has 2 rings (SSSR count). The number of nitrogens with zero attached hydrogens (tertiary/aromatic N) is 2. The summed E-state index contributed by atoms with van der Waals surface area (Å²) in [7, 11) is 0. The highest BCUT2D eigenvalue weighted by Crippen LogP contribution is 2.23. The zero-order valence-electron chi connectivity index (χ0n) is 7.11. The van der Waals surface area contributed by atoms with Gasteiger partial charge in [-0.15, -0.1) is 0 Å². The molecule has 0 aliphatic heterocycles. The van der Waals surface area contributed by atoms with Gasteiger partial charge in [0, 0.05) is 18.0 Å². The predicted octanol–water partition coefficient (Wildman–Crippen LogP) is 2.94. The van der Waals surface area contributed by atoms with Crippen LogP contribution < -0.4 is 0 Å². The van der Waals surface area contributed by atoms with Gasteiger partial charge in [0.2, 0.25) is 0 Å². The molecule has 0 aliphatic carbocycles. The van der Waals surface area contributed by atoms with Crippen molar-refractivity contribution >= 4 is 11.6 Å². The molecule has 0 unspecified atom stereocenters. The van der Waals surface area contributed by atoms with Crippen LogP contribution in [0, 0.1) is 5.82 Å². The smallest absolute Gasteiger partial charge is 0.155 e. The number of rotatable bonds is 1. The van der Waals surface area contributed by atoms with Crippen LogP contribution in [-0.4, -0.2) is 9.97 Å². The normalized spacial score (nSPS) is 10.1. The minimum absolute atomic E-state index is 0.276. The molecule has 0 atom stereocenters. The van der Waals surface area contributed by atoms with E-state index in [2.05, 4.69) is 9.97 Å². The van der Waals surface area contributed by atoms with E-state index in [0.29, 0.717) is 11.3 Å². The first-order chi connectivity index (χ1) is 6.77. The largest absolute Gasteiger partial charge is 0.251 e. The minimum Gasteiger partial charge on any atom is -0.251 e. The summed E-state index contributed by atoms with van der Waals surface area (Å²) in [5.74, 6) is -0.316. The maximum atomic E-state index is 12.9. The lowest BCUT2D eigenvalue weighted by atomic mass is 10.1. The van der Waals surface area contributed by atoms with Crippen LogP contribution in [0.3, 0.4) is 0 Å². The monoisotopic (exact) mass is 208 g/mol. The minimum atomic E-state index is -0.316. The third kappa shape index (κ3) is 1.72. The molecule has 0 aliphatic rings. The zero-order chi connectivity index (χ0) is 9.97. The Morgan fingerprint density at radius 1 is 1.14 bits per heavy atom. The van der Waals surface area contributed by atoms with E-state index in [1.807, 2.05) is 0 Å². The van der Waals surface area contributed by atoms with Gasteiger partial charge < -0.3 is 0 Å². The maximum Gasteiger partial charge on any atom is 0.155 e. The van der Waals surface area contributed by atoms with Crippen molar-refractivity contribution < 1.29 is 4.39 Å². The van der Waals surface area contributed by atoms with Gasteiger partial charge >= 0.3 is 0 Å². The first kappa shape index (κ1) is 9.09. The molecule has 0 saturated heterocycles. The lowest BCUT2D eigenvalue weighted by Crippen LogP contribution is -1.87. The summed E-state index contributed by atoms with van der Waals surface area (Å²) in [4.78, 5) is 7.89. The Morgan fingerprint density at radius 3 is 2.64 bits per heavy atom. The molecule has 0 N–H and O–H groups in total. The molecule has 2 aromatic rings. The van der Waals surface area contributed by atoms with Gasteiger partial charge in [0.15, 0.2) is 5.15 Å². The van der Waals surface area contributed by atoms with Gasteiger partial charge in [-0.25, -0.2) is 9.37 Å². The SMILES string of the molecule is Fc1cccc(-c2nccnc2Cl)c1. The van der Waals surface area contributed by atoms with E-state index in [9.17, 15) is 4.39 Å². The van der Waals surface area contributed by atoms with Crippen molar-refractivity contribution in [3.8, 4) is 11.3 Å². The van der Waals surface area contributed by atoms with Gasteiger partial charge in [0.25, 0.3) is 0 Å². The molecular weight excluding hydrogens is 203 g/mol. The molecule has 1 heterocycles. The first-order valence-electron chi connectivity index (χ1n) is 4.00. The van der Waals surface area contributed by atoms with Crippen molar-refractivity contribution in [2.75, 3.05) is 0 Å². The lowest BCUT2D eigenvalue weighted by molar-refractivity contribution is 0.628.